The highest BCUT2D eigenvalue weighted by Gasteiger charge is 2.04. The Labute approximate surface area is 143 Å². The molecule has 1 rings (SSSR count). The normalized spacial score (nSPS) is 8.75. The second-order valence-corrected chi connectivity index (χ2v) is 4.92. The molecule has 0 bridgehead atoms. The first-order chi connectivity index (χ1) is 11.5. The van der Waals surface area contributed by atoms with Gasteiger partial charge in [-0.1, -0.05) is 82.7 Å². The quantitative estimate of drug-likeness (QED) is 0.423. The van der Waals surface area contributed by atoms with Gasteiger partial charge < -0.3 is 14.9 Å². The number of carboxylic acid groups (broad SMARTS) is 2. The Balaban J connectivity index is 0. The summed E-state index contributed by atoms with van der Waals surface area (Å²) in [7, 11) is 0. The van der Waals surface area contributed by atoms with Gasteiger partial charge in [-0.15, -0.1) is 0 Å². The van der Waals surface area contributed by atoms with Crippen molar-refractivity contribution in [3.63, 3.8) is 0 Å². The van der Waals surface area contributed by atoms with E-state index in [9.17, 15) is 4.79 Å². The van der Waals surface area contributed by atoms with E-state index in [1.165, 1.54) is 38.5 Å². The maximum atomic E-state index is 9.76. The van der Waals surface area contributed by atoms with Crippen LogP contribution < -0.4 is 0 Å². The molecule has 136 valence electrons. The highest BCUT2D eigenvalue weighted by Crippen LogP contribution is 2.03. The maximum absolute atomic E-state index is 9.76. The Morgan fingerprint density at radius 1 is 0.917 bits per heavy atom. The van der Waals surface area contributed by atoms with Crippen molar-refractivity contribution in [2.45, 2.75) is 59.0 Å². The molecule has 2 N–H and O–H groups in total. The molecule has 0 amide bonds. The molecule has 6 heteroatoms. The Kier molecular flexibility index (Phi) is 18.6. The number of unbranched alkanes of at least 4 members (excludes halogenated alkanes) is 5. The zero-order chi connectivity index (χ0) is 18.6. The van der Waals surface area contributed by atoms with Crippen molar-refractivity contribution >= 4 is 18.4 Å². The van der Waals surface area contributed by atoms with E-state index >= 15 is 0 Å². The lowest BCUT2D eigenvalue weighted by Gasteiger charge is -1.95. The van der Waals surface area contributed by atoms with Crippen LogP contribution in [0.15, 0.2) is 30.3 Å². The number of rotatable bonds is 8. The summed E-state index contributed by atoms with van der Waals surface area (Å²) >= 11 is 0. The predicted octanol–water partition coefficient (Wildman–Crippen LogP) is 3.88. The molecule has 0 aliphatic rings. The van der Waals surface area contributed by atoms with Gasteiger partial charge in [-0.3, -0.25) is 4.79 Å². The predicted molar refractivity (Wildman–Crippen MR) is 91.6 cm³/mol. The van der Waals surface area contributed by atoms with Gasteiger partial charge in [-0.25, -0.2) is 9.59 Å². The average Bonchev–Trinajstić information content (AvgIpc) is 2.59. The summed E-state index contributed by atoms with van der Waals surface area (Å²) in [6.45, 7) is 5.33. The van der Waals surface area contributed by atoms with E-state index in [0.717, 1.165) is 5.56 Å². The van der Waals surface area contributed by atoms with Crippen LogP contribution in [0.2, 0.25) is 0 Å². The Morgan fingerprint density at radius 3 is 1.71 bits per heavy atom. The summed E-state index contributed by atoms with van der Waals surface area (Å²) in [5.74, 6) is -3.65. The zero-order valence-corrected chi connectivity index (χ0v) is 14.4. The van der Waals surface area contributed by atoms with Crippen LogP contribution in [0.1, 0.15) is 57.9 Å². The molecule has 0 saturated heterocycles. The van der Waals surface area contributed by atoms with Crippen molar-refractivity contribution in [3.05, 3.63) is 35.9 Å². The average molecular weight is 340 g/mol. The first kappa shape index (κ1) is 23.9. The van der Waals surface area contributed by atoms with Gasteiger partial charge in [0.1, 0.15) is 6.61 Å². The van der Waals surface area contributed by atoms with E-state index in [4.69, 9.17) is 19.8 Å². The molecule has 0 aliphatic carbocycles. The molecule has 0 saturated carbocycles. The van der Waals surface area contributed by atoms with Crippen LogP contribution >= 0.6 is 0 Å². The third-order valence-electron chi connectivity index (χ3n) is 2.80. The van der Waals surface area contributed by atoms with E-state index in [1.807, 2.05) is 30.3 Å². The molecule has 0 aliphatic heterocycles. The minimum absolute atomic E-state index is 0.365. The number of ether oxygens (including phenoxy) is 1. The van der Waals surface area contributed by atoms with Crippen LogP contribution in [0.4, 0.5) is 0 Å². The van der Waals surface area contributed by atoms with Crippen LogP contribution in [0, 0.1) is 0 Å². The van der Waals surface area contributed by atoms with Crippen molar-refractivity contribution in [2.75, 3.05) is 0 Å². The Hall–Kier alpha value is -2.37. The van der Waals surface area contributed by atoms with Crippen molar-refractivity contribution in [1.29, 1.82) is 0 Å². The number of carboxylic acids is 2. The maximum Gasteiger partial charge on any atom is 0.414 e. The Bertz CT molecular complexity index is 412. The number of carbonyl (C=O) groups is 3. The molecule has 0 heterocycles. The molecule has 0 spiro atoms. The van der Waals surface area contributed by atoms with E-state index < -0.39 is 11.9 Å². The number of hydrogen-bond acceptors (Lipinski definition) is 4. The Morgan fingerprint density at radius 2 is 1.38 bits per heavy atom. The van der Waals surface area contributed by atoms with Crippen LogP contribution in [0.3, 0.4) is 0 Å². The summed E-state index contributed by atoms with van der Waals surface area (Å²) in [4.78, 5) is 28.0. The first-order valence-electron chi connectivity index (χ1n) is 8.04. The van der Waals surface area contributed by atoms with Gasteiger partial charge in [0.2, 0.25) is 0 Å². The third kappa shape index (κ3) is 19.6. The number of carbonyl (C=O) groups excluding carboxylic acids is 1. The minimum Gasteiger partial charge on any atom is -0.473 e. The molecule has 1 aromatic carbocycles. The molecule has 0 radical (unpaired) electrons. The molecule has 0 unspecified atom stereocenters. The van der Waals surface area contributed by atoms with Gasteiger partial charge >= 0.3 is 11.9 Å². The lowest BCUT2D eigenvalue weighted by atomic mass is 10.1. The number of aliphatic carboxylic acids is 2. The zero-order valence-electron chi connectivity index (χ0n) is 14.4. The van der Waals surface area contributed by atoms with Gasteiger partial charge in [0.05, 0.1) is 0 Å². The summed E-state index contributed by atoms with van der Waals surface area (Å²) < 4.78 is 4.54. The van der Waals surface area contributed by atoms with Crippen molar-refractivity contribution < 1.29 is 29.3 Å². The highest BCUT2D eigenvalue weighted by atomic mass is 16.5. The smallest absolute Gasteiger partial charge is 0.414 e. The van der Waals surface area contributed by atoms with Gasteiger partial charge in [-0.05, 0) is 5.56 Å². The third-order valence-corrected chi connectivity index (χ3v) is 2.80. The fourth-order valence-electron chi connectivity index (χ4n) is 1.56. The summed E-state index contributed by atoms with van der Waals surface area (Å²) in [5.41, 5.74) is 1.01. The largest absolute Gasteiger partial charge is 0.473 e. The molecule has 0 aromatic heterocycles. The molecule has 6 nitrogen and oxygen atoms in total. The molecular weight excluding hydrogens is 312 g/mol. The van der Waals surface area contributed by atoms with Gasteiger partial charge in [-0.2, -0.15) is 0 Å². The fourth-order valence-corrected chi connectivity index (χ4v) is 1.56. The minimum atomic E-state index is -1.82. The van der Waals surface area contributed by atoms with Crippen LogP contribution in [-0.4, -0.2) is 28.6 Å². The lowest BCUT2D eigenvalue weighted by molar-refractivity contribution is -0.159. The SMILES string of the molecule is CCCCCCCC.O=C(O)C(=O)O.O=COCc1ccccc1. The molecular formula is C18H28O6. The van der Waals surface area contributed by atoms with Gasteiger partial charge in [0, 0.05) is 0 Å². The van der Waals surface area contributed by atoms with E-state index in [-0.39, 0.29) is 0 Å². The number of benzene rings is 1. The van der Waals surface area contributed by atoms with E-state index in [2.05, 4.69) is 18.6 Å². The summed E-state index contributed by atoms with van der Waals surface area (Å²) in [6, 6.07) is 9.55. The monoisotopic (exact) mass is 340 g/mol. The summed E-state index contributed by atoms with van der Waals surface area (Å²) in [5, 5.41) is 14.8. The molecule has 0 atom stereocenters. The fraction of sp³-hybridized carbons (Fsp3) is 0.500. The van der Waals surface area contributed by atoms with Gasteiger partial charge in [0.15, 0.2) is 0 Å². The molecule has 1 aromatic rings. The van der Waals surface area contributed by atoms with E-state index in [1.54, 1.807) is 0 Å². The highest BCUT2D eigenvalue weighted by molar-refractivity contribution is 6.27. The molecule has 0 fully saturated rings. The lowest BCUT2D eigenvalue weighted by Crippen LogP contribution is -2.09. The van der Waals surface area contributed by atoms with Crippen LogP contribution in [0.25, 0.3) is 0 Å². The standard InChI is InChI=1S/C8H8O2.C8H18.C2H2O4/c9-7-10-6-8-4-2-1-3-5-8;1-3-5-7-8-6-4-2;3-1(4)2(5)6/h1-5,7H,6H2;3-8H2,1-2H3;(H,3,4)(H,5,6). The second-order valence-electron chi connectivity index (χ2n) is 4.92. The van der Waals surface area contributed by atoms with E-state index in [0.29, 0.717) is 13.1 Å². The summed E-state index contributed by atoms with van der Waals surface area (Å²) in [6.07, 6.45) is 8.49. The topological polar surface area (TPSA) is 101 Å². The van der Waals surface area contributed by atoms with Crippen molar-refractivity contribution in [1.82, 2.24) is 0 Å². The van der Waals surface area contributed by atoms with Crippen molar-refractivity contribution in [2.24, 2.45) is 0 Å². The van der Waals surface area contributed by atoms with Crippen LogP contribution in [0.5, 0.6) is 0 Å². The molecule has 24 heavy (non-hydrogen) atoms. The van der Waals surface area contributed by atoms with Crippen LogP contribution in [-0.2, 0) is 25.7 Å². The van der Waals surface area contributed by atoms with Gasteiger partial charge in [0.25, 0.3) is 6.47 Å². The number of hydrogen-bond donors (Lipinski definition) is 2. The second kappa shape index (κ2) is 18.7. The first-order valence-corrected chi connectivity index (χ1v) is 8.04. The van der Waals surface area contributed by atoms with Crippen molar-refractivity contribution in [3.8, 4) is 0 Å².